The first-order valence-corrected chi connectivity index (χ1v) is 7.50. The number of ether oxygens (including phenoxy) is 1. The molecule has 0 radical (unpaired) electrons. The van der Waals surface area contributed by atoms with Crippen molar-refractivity contribution >= 4 is 11.9 Å². The van der Waals surface area contributed by atoms with Crippen molar-refractivity contribution in [2.75, 3.05) is 13.7 Å². The monoisotopic (exact) mass is 330 g/mol. The highest BCUT2D eigenvalue weighted by Crippen LogP contribution is 2.13. The normalized spacial score (nSPS) is 11.2. The van der Waals surface area contributed by atoms with Crippen molar-refractivity contribution in [2.24, 2.45) is 17.8 Å². The third-order valence-corrected chi connectivity index (χ3v) is 3.32. The number of hydrogen-bond donors (Lipinski definition) is 3. The molecule has 0 aliphatic carbocycles. The molecule has 0 atom stereocenters. The summed E-state index contributed by atoms with van der Waals surface area (Å²) in [6.45, 7) is 1.06. The summed E-state index contributed by atoms with van der Waals surface area (Å²) in [5.41, 5.74) is 7.13. The van der Waals surface area contributed by atoms with E-state index in [1.807, 2.05) is 31.3 Å². The van der Waals surface area contributed by atoms with Crippen LogP contribution in [0.2, 0.25) is 0 Å². The standard InChI is InChI=1S/C16H22N6O2/c1-18-16(20-10-13-6-7-21-22(13)2)19-9-12-4-3-5-14(8-12)24-11-15(17)23/h3-8H,9-11H2,1-2H3,(H2,17,23)(H2,18,19,20). The van der Waals surface area contributed by atoms with Gasteiger partial charge in [-0.3, -0.25) is 14.5 Å². The van der Waals surface area contributed by atoms with Crippen LogP contribution in [0.15, 0.2) is 41.5 Å². The molecule has 8 heteroatoms. The Labute approximate surface area is 140 Å². The van der Waals surface area contributed by atoms with Crippen LogP contribution < -0.4 is 21.1 Å². The first-order chi connectivity index (χ1) is 11.6. The van der Waals surface area contributed by atoms with Crippen molar-refractivity contribution in [2.45, 2.75) is 13.1 Å². The number of aryl methyl sites for hydroxylation is 1. The van der Waals surface area contributed by atoms with Gasteiger partial charge in [0.15, 0.2) is 12.6 Å². The molecule has 0 unspecified atom stereocenters. The lowest BCUT2D eigenvalue weighted by atomic mass is 10.2. The smallest absolute Gasteiger partial charge is 0.255 e. The number of nitrogens with two attached hydrogens (primary N) is 1. The predicted octanol–water partition coefficient (Wildman–Crippen LogP) is 0.149. The molecule has 1 heterocycles. The number of benzene rings is 1. The predicted molar refractivity (Wildman–Crippen MR) is 91.4 cm³/mol. The topological polar surface area (TPSA) is 107 Å². The van der Waals surface area contributed by atoms with Gasteiger partial charge in [0.05, 0.1) is 12.2 Å². The van der Waals surface area contributed by atoms with E-state index in [0.29, 0.717) is 24.8 Å². The molecule has 0 aliphatic rings. The molecule has 0 saturated carbocycles. The second-order valence-electron chi connectivity index (χ2n) is 5.13. The van der Waals surface area contributed by atoms with E-state index in [2.05, 4.69) is 20.7 Å². The molecule has 128 valence electrons. The number of nitrogens with one attached hydrogen (secondary N) is 2. The highest BCUT2D eigenvalue weighted by Gasteiger charge is 2.03. The van der Waals surface area contributed by atoms with E-state index >= 15 is 0 Å². The summed E-state index contributed by atoms with van der Waals surface area (Å²) in [5.74, 6) is 0.781. The number of carbonyl (C=O) groups is 1. The molecule has 24 heavy (non-hydrogen) atoms. The van der Waals surface area contributed by atoms with Crippen molar-refractivity contribution in [3.8, 4) is 5.75 Å². The molecule has 0 saturated heterocycles. The van der Waals surface area contributed by atoms with Crippen LogP contribution in [0.4, 0.5) is 0 Å². The lowest BCUT2D eigenvalue weighted by molar-refractivity contribution is -0.119. The highest BCUT2D eigenvalue weighted by atomic mass is 16.5. The number of guanidine groups is 1. The highest BCUT2D eigenvalue weighted by molar-refractivity contribution is 5.79. The molecule has 0 spiro atoms. The molecule has 2 rings (SSSR count). The fraction of sp³-hybridized carbons (Fsp3) is 0.312. The molecule has 1 amide bonds. The Morgan fingerprint density at radius 1 is 1.33 bits per heavy atom. The van der Waals surface area contributed by atoms with E-state index in [4.69, 9.17) is 10.5 Å². The van der Waals surface area contributed by atoms with Crippen LogP contribution in [0.3, 0.4) is 0 Å². The van der Waals surface area contributed by atoms with E-state index in [9.17, 15) is 4.79 Å². The van der Waals surface area contributed by atoms with Crippen LogP contribution in [0.1, 0.15) is 11.3 Å². The maximum atomic E-state index is 10.8. The van der Waals surface area contributed by atoms with E-state index < -0.39 is 5.91 Å². The van der Waals surface area contributed by atoms with Gasteiger partial charge < -0.3 is 21.1 Å². The Bertz CT molecular complexity index is 710. The Morgan fingerprint density at radius 2 is 2.12 bits per heavy atom. The summed E-state index contributed by atoms with van der Waals surface area (Å²) in [6, 6.07) is 9.39. The molecule has 8 nitrogen and oxygen atoms in total. The molecule has 2 aromatic rings. The van der Waals surface area contributed by atoms with Crippen LogP contribution in [-0.2, 0) is 24.9 Å². The van der Waals surface area contributed by atoms with Crippen LogP contribution in [0, 0.1) is 0 Å². The zero-order valence-corrected chi connectivity index (χ0v) is 13.8. The number of primary amides is 1. The molecular weight excluding hydrogens is 308 g/mol. The van der Waals surface area contributed by atoms with Crippen LogP contribution in [0.25, 0.3) is 0 Å². The van der Waals surface area contributed by atoms with Crippen molar-refractivity contribution in [1.82, 2.24) is 20.4 Å². The van der Waals surface area contributed by atoms with Crippen molar-refractivity contribution in [3.63, 3.8) is 0 Å². The second kappa shape index (κ2) is 8.56. The number of aliphatic imine (C=N–C) groups is 1. The van der Waals surface area contributed by atoms with Gasteiger partial charge in [0.1, 0.15) is 5.75 Å². The maximum Gasteiger partial charge on any atom is 0.255 e. The summed E-state index contributed by atoms with van der Waals surface area (Å²) in [7, 11) is 3.61. The van der Waals surface area contributed by atoms with Gasteiger partial charge in [0.25, 0.3) is 5.91 Å². The SMILES string of the molecule is CN=C(NCc1cccc(OCC(N)=O)c1)NCc1ccnn1C. The summed E-state index contributed by atoms with van der Waals surface area (Å²) < 4.78 is 7.10. The van der Waals surface area contributed by atoms with Gasteiger partial charge in [-0.05, 0) is 23.8 Å². The van der Waals surface area contributed by atoms with Gasteiger partial charge in [0, 0.05) is 26.8 Å². The third kappa shape index (κ3) is 5.31. The Hall–Kier alpha value is -3.03. The van der Waals surface area contributed by atoms with Gasteiger partial charge >= 0.3 is 0 Å². The summed E-state index contributed by atoms with van der Waals surface area (Å²) in [6.07, 6.45) is 1.75. The van der Waals surface area contributed by atoms with Gasteiger partial charge in [-0.2, -0.15) is 5.10 Å². The van der Waals surface area contributed by atoms with E-state index in [1.165, 1.54) is 0 Å². The molecule has 4 N–H and O–H groups in total. The van der Waals surface area contributed by atoms with Crippen LogP contribution in [0.5, 0.6) is 5.75 Å². The van der Waals surface area contributed by atoms with Gasteiger partial charge in [-0.1, -0.05) is 12.1 Å². The lowest BCUT2D eigenvalue weighted by Gasteiger charge is -2.12. The quantitative estimate of drug-likeness (QED) is 0.495. The minimum atomic E-state index is -0.502. The minimum Gasteiger partial charge on any atom is -0.484 e. The maximum absolute atomic E-state index is 10.8. The third-order valence-electron chi connectivity index (χ3n) is 3.32. The average Bonchev–Trinajstić information content (AvgIpc) is 2.98. The molecule has 1 aromatic carbocycles. The number of rotatable bonds is 7. The number of nitrogens with zero attached hydrogens (tertiary/aromatic N) is 3. The van der Waals surface area contributed by atoms with Crippen LogP contribution in [-0.4, -0.2) is 35.3 Å². The first-order valence-electron chi connectivity index (χ1n) is 7.50. The first kappa shape index (κ1) is 17.3. The largest absolute Gasteiger partial charge is 0.484 e. The number of amides is 1. The van der Waals surface area contributed by atoms with E-state index in [-0.39, 0.29) is 6.61 Å². The van der Waals surface area contributed by atoms with Gasteiger partial charge in [-0.15, -0.1) is 0 Å². The number of carbonyl (C=O) groups excluding carboxylic acids is 1. The van der Waals surface area contributed by atoms with E-state index in [0.717, 1.165) is 11.3 Å². The zero-order chi connectivity index (χ0) is 17.4. The summed E-state index contributed by atoms with van der Waals surface area (Å²) in [4.78, 5) is 14.9. The second-order valence-corrected chi connectivity index (χ2v) is 5.13. The Balaban J connectivity index is 1.85. The number of hydrogen-bond acceptors (Lipinski definition) is 4. The van der Waals surface area contributed by atoms with Gasteiger partial charge in [-0.25, -0.2) is 0 Å². The minimum absolute atomic E-state index is 0.134. The van der Waals surface area contributed by atoms with Crippen molar-refractivity contribution < 1.29 is 9.53 Å². The molecule has 0 fully saturated rings. The molecule has 0 aliphatic heterocycles. The zero-order valence-electron chi connectivity index (χ0n) is 13.8. The fourth-order valence-corrected chi connectivity index (χ4v) is 2.06. The Morgan fingerprint density at radius 3 is 2.79 bits per heavy atom. The van der Waals surface area contributed by atoms with Crippen molar-refractivity contribution in [3.05, 3.63) is 47.8 Å². The molecular formula is C16H22N6O2. The molecule has 1 aromatic heterocycles. The summed E-state index contributed by atoms with van der Waals surface area (Å²) in [5, 5.41) is 10.6. The number of aromatic nitrogens is 2. The fourth-order valence-electron chi connectivity index (χ4n) is 2.06. The molecule has 0 bridgehead atoms. The van der Waals surface area contributed by atoms with Crippen molar-refractivity contribution in [1.29, 1.82) is 0 Å². The van der Waals surface area contributed by atoms with Gasteiger partial charge in [0.2, 0.25) is 0 Å². The Kier molecular flexibility index (Phi) is 6.18. The summed E-state index contributed by atoms with van der Waals surface area (Å²) >= 11 is 0. The average molecular weight is 330 g/mol. The lowest BCUT2D eigenvalue weighted by Crippen LogP contribution is -2.36. The van der Waals surface area contributed by atoms with Crippen LogP contribution >= 0.6 is 0 Å². The van der Waals surface area contributed by atoms with E-state index in [1.54, 1.807) is 24.0 Å².